The molecule has 1 aromatic rings. The van der Waals surface area contributed by atoms with Gasteiger partial charge < -0.3 is 4.74 Å². The number of aryl methyl sites for hydroxylation is 1. The summed E-state index contributed by atoms with van der Waals surface area (Å²) in [6, 6.07) is 8.83. The van der Waals surface area contributed by atoms with E-state index in [1.54, 1.807) is 0 Å². The maximum atomic E-state index is 6.39. The number of rotatable bonds is 5. The van der Waals surface area contributed by atoms with Crippen LogP contribution >= 0.6 is 0 Å². The normalized spacial score (nSPS) is 18.5. The van der Waals surface area contributed by atoms with Crippen LogP contribution < -0.4 is 4.74 Å². The molecule has 0 radical (unpaired) electrons. The summed E-state index contributed by atoms with van der Waals surface area (Å²) in [7, 11) is 0. The number of ether oxygens (including phenoxy) is 1. The van der Waals surface area contributed by atoms with E-state index < -0.39 is 0 Å². The van der Waals surface area contributed by atoms with Gasteiger partial charge in [-0.25, -0.2) is 0 Å². The van der Waals surface area contributed by atoms with Crippen LogP contribution in [0.1, 0.15) is 78.2 Å². The Morgan fingerprint density at radius 1 is 1.00 bits per heavy atom. The molecule has 0 spiro atoms. The molecule has 0 unspecified atom stereocenters. The van der Waals surface area contributed by atoms with Gasteiger partial charge in [-0.3, -0.25) is 0 Å². The molecule has 1 nitrogen and oxygen atoms in total. The molecule has 21 heavy (non-hydrogen) atoms. The zero-order valence-corrected chi connectivity index (χ0v) is 14.4. The molecule has 1 fully saturated rings. The van der Waals surface area contributed by atoms with Crippen molar-refractivity contribution in [3.63, 3.8) is 0 Å². The Bertz CT molecular complexity index is 418. The molecule has 0 aromatic heterocycles. The van der Waals surface area contributed by atoms with E-state index in [1.165, 1.54) is 44.1 Å². The third-order valence-corrected chi connectivity index (χ3v) is 4.83. The van der Waals surface area contributed by atoms with Gasteiger partial charge in [-0.05, 0) is 68.1 Å². The van der Waals surface area contributed by atoms with Crippen molar-refractivity contribution in [1.82, 2.24) is 0 Å². The van der Waals surface area contributed by atoms with Gasteiger partial charge in [0.05, 0.1) is 0 Å². The van der Waals surface area contributed by atoms with E-state index in [1.807, 2.05) is 0 Å². The quantitative estimate of drug-likeness (QED) is 0.630. The van der Waals surface area contributed by atoms with Crippen molar-refractivity contribution in [1.29, 1.82) is 0 Å². The molecule has 0 bridgehead atoms. The minimum absolute atomic E-state index is 0.102. The summed E-state index contributed by atoms with van der Waals surface area (Å²) < 4.78 is 6.39. The van der Waals surface area contributed by atoms with Crippen LogP contribution in [0.3, 0.4) is 0 Å². The van der Waals surface area contributed by atoms with Crippen LogP contribution in [0.2, 0.25) is 0 Å². The summed E-state index contributed by atoms with van der Waals surface area (Å²) in [5.41, 5.74) is 1.93. The van der Waals surface area contributed by atoms with Crippen LogP contribution in [0, 0.1) is 5.41 Å². The molecule has 1 aliphatic rings. The van der Waals surface area contributed by atoms with E-state index in [-0.39, 0.29) is 5.60 Å². The van der Waals surface area contributed by atoms with Gasteiger partial charge in [0.25, 0.3) is 0 Å². The number of hydrogen-bond acceptors (Lipinski definition) is 1. The minimum Gasteiger partial charge on any atom is -0.487 e. The molecule has 0 saturated heterocycles. The Hall–Kier alpha value is -0.980. The van der Waals surface area contributed by atoms with Gasteiger partial charge in [-0.15, -0.1) is 0 Å². The van der Waals surface area contributed by atoms with E-state index in [0.717, 1.165) is 18.6 Å². The third kappa shape index (κ3) is 5.05. The highest BCUT2D eigenvalue weighted by Gasteiger charge is 2.32. The van der Waals surface area contributed by atoms with Crippen LogP contribution in [-0.4, -0.2) is 5.60 Å². The Morgan fingerprint density at radius 2 is 1.62 bits per heavy atom. The smallest absolute Gasteiger partial charge is 0.120 e. The van der Waals surface area contributed by atoms with Crippen molar-refractivity contribution in [3.8, 4) is 5.75 Å². The zero-order chi connectivity index (χ0) is 15.3. The van der Waals surface area contributed by atoms with Gasteiger partial charge in [0.1, 0.15) is 11.4 Å². The molecule has 1 saturated carbocycles. The first kappa shape index (κ1) is 16.4. The van der Waals surface area contributed by atoms with Gasteiger partial charge >= 0.3 is 0 Å². The summed E-state index contributed by atoms with van der Waals surface area (Å²) in [6.07, 6.45) is 9.95. The second kappa shape index (κ2) is 6.85. The number of hydrogen-bond donors (Lipinski definition) is 0. The standard InChI is InChI=1S/C20H32O/c1-5-20(14-7-6-8-15-20)21-18-11-9-17(10-12-18)13-16-19(2,3)4/h9-12H,5-8,13-16H2,1-4H3. The van der Waals surface area contributed by atoms with Crippen molar-refractivity contribution in [2.24, 2.45) is 5.41 Å². The second-order valence-corrected chi connectivity index (χ2v) is 7.90. The Balaban J connectivity index is 1.95. The molecule has 0 aliphatic heterocycles. The van der Waals surface area contributed by atoms with E-state index in [0.29, 0.717) is 5.41 Å². The minimum atomic E-state index is 0.102. The fourth-order valence-corrected chi connectivity index (χ4v) is 3.22. The summed E-state index contributed by atoms with van der Waals surface area (Å²) >= 11 is 0. The van der Waals surface area contributed by atoms with Crippen LogP contribution in [0.5, 0.6) is 5.75 Å². The summed E-state index contributed by atoms with van der Waals surface area (Å²) in [5, 5.41) is 0. The van der Waals surface area contributed by atoms with Crippen LogP contribution in [0.4, 0.5) is 0 Å². The molecule has 0 heterocycles. The summed E-state index contributed by atoms with van der Waals surface area (Å²) in [5.74, 6) is 1.05. The van der Waals surface area contributed by atoms with Gasteiger partial charge in [0, 0.05) is 0 Å². The average Bonchev–Trinajstić information content (AvgIpc) is 2.47. The monoisotopic (exact) mass is 288 g/mol. The first-order chi connectivity index (χ1) is 9.92. The Kier molecular flexibility index (Phi) is 5.35. The first-order valence-electron chi connectivity index (χ1n) is 8.70. The lowest BCUT2D eigenvalue weighted by molar-refractivity contribution is 0.0265. The van der Waals surface area contributed by atoms with Gasteiger partial charge in [0.2, 0.25) is 0 Å². The van der Waals surface area contributed by atoms with Gasteiger partial charge in [0.15, 0.2) is 0 Å². The van der Waals surface area contributed by atoms with Crippen molar-refractivity contribution in [2.45, 2.75) is 84.7 Å². The molecule has 0 N–H and O–H groups in total. The zero-order valence-electron chi connectivity index (χ0n) is 14.4. The molecule has 1 aliphatic carbocycles. The molecule has 2 rings (SSSR count). The van der Waals surface area contributed by atoms with Crippen LogP contribution in [0.25, 0.3) is 0 Å². The predicted octanol–water partition coefficient (Wildman–Crippen LogP) is 6.16. The lowest BCUT2D eigenvalue weighted by atomic mass is 9.82. The first-order valence-corrected chi connectivity index (χ1v) is 8.70. The fourth-order valence-electron chi connectivity index (χ4n) is 3.22. The summed E-state index contributed by atoms with van der Waals surface area (Å²) in [4.78, 5) is 0. The molecule has 1 aromatic carbocycles. The highest BCUT2D eigenvalue weighted by molar-refractivity contribution is 5.28. The maximum Gasteiger partial charge on any atom is 0.120 e. The molecule has 1 heteroatoms. The fraction of sp³-hybridized carbons (Fsp3) is 0.700. The van der Waals surface area contributed by atoms with Crippen LogP contribution in [0.15, 0.2) is 24.3 Å². The predicted molar refractivity (Wildman–Crippen MR) is 91.0 cm³/mol. The Morgan fingerprint density at radius 3 is 2.14 bits per heavy atom. The van der Waals surface area contributed by atoms with Crippen molar-refractivity contribution in [2.75, 3.05) is 0 Å². The highest BCUT2D eigenvalue weighted by Crippen LogP contribution is 2.35. The average molecular weight is 288 g/mol. The number of benzene rings is 1. The van der Waals surface area contributed by atoms with Crippen molar-refractivity contribution < 1.29 is 4.74 Å². The van der Waals surface area contributed by atoms with E-state index in [4.69, 9.17) is 4.74 Å². The Labute approximate surface area is 131 Å². The summed E-state index contributed by atoms with van der Waals surface area (Å²) in [6.45, 7) is 9.18. The largest absolute Gasteiger partial charge is 0.487 e. The van der Waals surface area contributed by atoms with Gasteiger partial charge in [-0.1, -0.05) is 46.2 Å². The highest BCUT2D eigenvalue weighted by atomic mass is 16.5. The lowest BCUT2D eigenvalue weighted by Gasteiger charge is -2.37. The van der Waals surface area contributed by atoms with E-state index in [2.05, 4.69) is 52.0 Å². The van der Waals surface area contributed by atoms with Crippen molar-refractivity contribution in [3.05, 3.63) is 29.8 Å². The molecule has 0 amide bonds. The van der Waals surface area contributed by atoms with Crippen molar-refractivity contribution >= 4 is 0 Å². The maximum absolute atomic E-state index is 6.39. The topological polar surface area (TPSA) is 9.23 Å². The molecular formula is C20H32O. The van der Waals surface area contributed by atoms with Gasteiger partial charge in [-0.2, -0.15) is 0 Å². The molecular weight excluding hydrogens is 256 g/mol. The lowest BCUT2D eigenvalue weighted by Crippen LogP contribution is -2.37. The third-order valence-electron chi connectivity index (χ3n) is 4.83. The molecule has 118 valence electrons. The van der Waals surface area contributed by atoms with E-state index in [9.17, 15) is 0 Å². The second-order valence-electron chi connectivity index (χ2n) is 7.90. The molecule has 0 atom stereocenters. The van der Waals surface area contributed by atoms with Crippen LogP contribution in [-0.2, 0) is 6.42 Å². The van der Waals surface area contributed by atoms with E-state index >= 15 is 0 Å². The SMILES string of the molecule is CCC1(Oc2ccc(CCC(C)(C)C)cc2)CCCCC1.